The molecule has 0 rings (SSSR count). The highest BCUT2D eigenvalue weighted by atomic mass is 16.4. The van der Waals surface area contributed by atoms with Crippen LogP contribution < -0.4 is 5.11 Å². The molecule has 2 unspecified atom stereocenters. The first kappa shape index (κ1) is 26.5. The summed E-state index contributed by atoms with van der Waals surface area (Å²) in [5, 5.41) is 42.2. The van der Waals surface area contributed by atoms with E-state index in [1.807, 2.05) is 0 Å². The number of aliphatic hydroxyl groups excluding tert-OH is 3. The third kappa shape index (κ3) is 10.1. The summed E-state index contributed by atoms with van der Waals surface area (Å²) in [7, 11) is 0. The number of unbranched alkanes of at least 4 members (excludes halogenated alkanes) is 6. The average Bonchev–Trinajstić information content (AvgIpc) is 2.62. The molecule has 0 bridgehead atoms. The summed E-state index contributed by atoms with van der Waals surface area (Å²) >= 11 is 0. The van der Waals surface area contributed by atoms with Crippen molar-refractivity contribution in [1.29, 1.82) is 0 Å². The van der Waals surface area contributed by atoms with Gasteiger partial charge in [-0.15, -0.1) is 0 Å². The van der Waals surface area contributed by atoms with Gasteiger partial charge in [0, 0.05) is 19.3 Å². The number of aliphatic carboxylic acids is 1. The molecule has 0 radical (unpaired) electrons. The van der Waals surface area contributed by atoms with Gasteiger partial charge in [-0.1, -0.05) is 59.3 Å². The van der Waals surface area contributed by atoms with Gasteiger partial charge in [-0.25, -0.2) is 0 Å². The van der Waals surface area contributed by atoms with Gasteiger partial charge in [-0.3, -0.25) is 4.48 Å². The number of quaternary nitrogens is 1. The molecule has 3 N–H and O–H groups in total. The third-order valence-electron chi connectivity index (χ3n) is 5.08. The zero-order chi connectivity index (χ0) is 21.4. The van der Waals surface area contributed by atoms with Crippen LogP contribution in [-0.2, 0) is 4.79 Å². The van der Waals surface area contributed by atoms with Crippen molar-refractivity contribution in [2.24, 2.45) is 0 Å². The molecule has 0 amide bonds. The lowest BCUT2D eigenvalue weighted by Gasteiger charge is -2.38. The van der Waals surface area contributed by atoms with Gasteiger partial charge in [0.05, 0.1) is 6.61 Å². The van der Waals surface area contributed by atoms with Gasteiger partial charge in [0.15, 0.2) is 0 Å². The van der Waals surface area contributed by atoms with Crippen LogP contribution in [0, 0.1) is 0 Å². The molecule has 164 valence electrons. The van der Waals surface area contributed by atoms with Gasteiger partial charge in [-0.2, -0.15) is 0 Å². The van der Waals surface area contributed by atoms with Crippen LogP contribution >= 0.6 is 0 Å². The van der Waals surface area contributed by atoms with Gasteiger partial charge < -0.3 is 25.2 Å². The summed E-state index contributed by atoms with van der Waals surface area (Å²) in [4.78, 5) is 11.8. The summed E-state index contributed by atoms with van der Waals surface area (Å²) < 4.78 is -0.339. The van der Waals surface area contributed by atoms with E-state index < -0.39 is 12.0 Å². The molecule has 0 saturated carbocycles. The van der Waals surface area contributed by atoms with Crippen LogP contribution in [0.5, 0.6) is 0 Å². The number of aliphatic hydroxyl groups is 3. The Morgan fingerprint density at radius 3 is 1.68 bits per heavy atom. The van der Waals surface area contributed by atoms with Crippen LogP contribution in [0.4, 0.5) is 0 Å². The van der Waals surface area contributed by atoms with Gasteiger partial charge in [0.25, 0.3) is 0 Å². The van der Waals surface area contributed by atoms with E-state index in [1.54, 1.807) is 6.92 Å². The van der Waals surface area contributed by atoms with Crippen LogP contribution in [0.1, 0.15) is 91.4 Å². The number of carbonyl (C=O) groups is 1. The molecule has 0 aliphatic rings. The maximum absolute atomic E-state index is 11.8. The number of carbonyl (C=O) groups excluding carboxylic acids is 1. The molecule has 28 heavy (non-hydrogen) atoms. The van der Waals surface area contributed by atoms with Crippen molar-refractivity contribution in [2.75, 3.05) is 13.2 Å². The molecule has 0 aliphatic carbocycles. The molecular weight excluding hydrogens is 358 g/mol. The van der Waals surface area contributed by atoms with E-state index in [2.05, 4.69) is 13.8 Å². The minimum absolute atomic E-state index is 0.0462. The van der Waals surface area contributed by atoms with E-state index in [-0.39, 0.29) is 35.6 Å². The summed E-state index contributed by atoms with van der Waals surface area (Å²) in [5.41, 5.74) is 0. The molecule has 0 saturated heterocycles. The predicted molar refractivity (Wildman–Crippen MR) is 110 cm³/mol. The van der Waals surface area contributed by atoms with Crippen LogP contribution in [0.15, 0.2) is 23.9 Å². The first-order valence-corrected chi connectivity index (χ1v) is 10.9. The number of hydrogen-bond acceptors (Lipinski definition) is 5. The Hall–Kier alpha value is -1.53. The molecule has 0 heterocycles. The highest BCUT2D eigenvalue weighted by Gasteiger charge is 2.35. The van der Waals surface area contributed by atoms with Gasteiger partial charge in [0.1, 0.15) is 42.5 Å². The van der Waals surface area contributed by atoms with Gasteiger partial charge >= 0.3 is 0 Å². The Morgan fingerprint density at radius 2 is 1.36 bits per heavy atom. The third-order valence-corrected chi connectivity index (χ3v) is 5.08. The van der Waals surface area contributed by atoms with Crippen LogP contribution in [0.25, 0.3) is 0 Å². The second-order valence-electron chi connectivity index (χ2n) is 7.55. The molecule has 0 fully saturated rings. The number of carboxylic acid groups (broad SMARTS) is 1. The molecule has 0 aliphatic heterocycles. The average molecular weight is 400 g/mol. The lowest BCUT2D eigenvalue weighted by Crippen LogP contribution is -2.57. The van der Waals surface area contributed by atoms with Crippen LogP contribution in [0.2, 0.25) is 0 Å². The molecule has 6 nitrogen and oxygen atoms in total. The minimum atomic E-state index is -1.26. The van der Waals surface area contributed by atoms with E-state index >= 15 is 0 Å². The summed E-state index contributed by atoms with van der Waals surface area (Å²) in [6, 6.07) is -0.997. The SMILES string of the molecule is CCCCCC/C(O)=C/[N+](/C=C(/O)CCCCCC)(CCO)C(CC)C(=O)[O-]. The van der Waals surface area contributed by atoms with Crippen molar-refractivity contribution < 1.29 is 29.7 Å². The van der Waals surface area contributed by atoms with Crippen molar-refractivity contribution in [1.82, 2.24) is 0 Å². The highest BCUT2D eigenvalue weighted by molar-refractivity contribution is 5.70. The zero-order valence-electron chi connectivity index (χ0n) is 18.0. The lowest BCUT2D eigenvalue weighted by molar-refractivity contribution is -0.851. The van der Waals surface area contributed by atoms with Crippen molar-refractivity contribution in [3.63, 3.8) is 0 Å². The maximum atomic E-state index is 11.8. The summed E-state index contributed by atoms with van der Waals surface area (Å²) in [6.45, 7) is 5.72. The lowest BCUT2D eigenvalue weighted by atomic mass is 10.1. The van der Waals surface area contributed by atoms with Crippen LogP contribution in [0.3, 0.4) is 0 Å². The number of hydrogen-bond donors (Lipinski definition) is 3. The van der Waals surface area contributed by atoms with Gasteiger partial charge in [0.2, 0.25) is 0 Å². The van der Waals surface area contributed by atoms with Crippen molar-refractivity contribution >= 4 is 5.97 Å². The van der Waals surface area contributed by atoms with Gasteiger partial charge in [-0.05, 0) is 12.8 Å². The molecule has 0 aromatic carbocycles. The first-order chi connectivity index (χ1) is 13.4. The monoisotopic (exact) mass is 399 g/mol. The first-order valence-electron chi connectivity index (χ1n) is 10.9. The Labute approximate surface area is 170 Å². The Kier molecular flexibility index (Phi) is 14.6. The fourth-order valence-electron chi connectivity index (χ4n) is 3.53. The molecule has 0 aromatic heterocycles. The number of nitrogens with zero attached hydrogens (tertiary/aromatic N) is 1. The quantitative estimate of drug-likeness (QED) is 0.194. The second kappa shape index (κ2) is 15.4. The zero-order valence-corrected chi connectivity index (χ0v) is 18.0. The largest absolute Gasteiger partial charge is 0.544 e. The topological polar surface area (TPSA) is 101 Å². The molecule has 0 aromatic rings. The number of rotatable bonds is 17. The van der Waals surface area contributed by atoms with Crippen molar-refractivity contribution in [2.45, 2.75) is 97.4 Å². The fraction of sp³-hybridized carbons (Fsp3) is 0.773. The summed E-state index contributed by atoms with van der Waals surface area (Å²) in [6.07, 6.45) is 12.0. The molecule has 0 spiro atoms. The van der Waals surface area contributed by atoms with E-state index in [0.29, 0.717) is 12.8 Å². The van der Waals surface area contributed by atoms with E-state index in [4.69, 9.17) is 0 Å². The number of carboxylic acids is 1. The molecular formula is C22H41NO5. The van der Waals surface area contributed by atoms with Crippen LogP contribution in [-0.4, -0.2) is 45.0 Å². The van der Waals surface area contributed by atoms with Crippen molar-refractivity contribution in [3.8, 4) is 0 Å². The Balaban J connectivity index is 5.66. The Morgan fingerprint density at radius 1 is 0.893 bits per heavy atom. The predicted octanol–water partition coefficient (Wildman–Crippen LogP) is 4.06. The summed E-state index contributed by atoms with van der Waals surface area (Å²) in [5.74, 6) is -1.10. The highest BCUT2D eigenvalue weighted by Crippen LogP contribution is 2.24. The van der Waals surface area contributed by atoms with E-state index in [1.165, 1.54) is 12.4 Å². The molecule has 2 atom stereocenters. The second-order valence-corrected chi connectivity index (χ2v) is 7.55. The van der Waals surface area contributed by atoms with E-state index in [0.717, 1.165) is 51.4 Å². The number of allylic oxidation sites excluding steroid dienone is 2. The maximum Gasteiger partial charge on any atom is 0.146 e. The van der Waals surface area contributed by atoms with E-state index in [9.17, 15) is 25.2 Å². The minimum Gasteiger partial charge on any atom is -0.544 e. The smallest absolute Gasteiger partial charge is 0.146 e. The fourth-order valence-corrected chi connectivity index (χ4v) is 3.53. The molecule has 6 heteroatoms. The van der Waals surface area contributed by atoms with Crippen molar-refractivity contribution in [3.05, 3.63) is 23.9 Å². The standard InChI is InChI=1S/C22H41NO5/c1-4-7-9-11-13-19(25)17-23(15-16-24,21(6-3)22(27)28)18-20(26)14-12-10-8-5-2/h17-18,21,24H,4-16H2,1-3H3,(H2-,25,26,27,28)/b19-17-,20-18+. The normalized spacial score (nSPS) is 16.0. The Bertz CT molecular complexity index is 459.